The van der Waals surface area contributed by atoms with Gasteiger partial charge in [-0.15, -0.1) is 12.3 Å². The maximum Gasteiger partial charge on any atom is 0.320 e. The monoisotopic (exact) mass is 353 g/mol. The van der Waals surface area contributed by atoms with E-state index in [2.05, 4.69) is 11.0 Å². The van der Waals surface area contributed by atoms with Crippen LogP contribution in [0, 0.1) is 12.3 Å². The minimum Gasteiger partial charge on any atom is -0.462 e. The molecule has 0 aliphatic carbocycles. The zero-order valence-electron chi connectivity index (χ0n) is 14.2. The van der Waals surface area contributed by atoms with Gasteiger partial charge in [-0.25, -0.2) is 5.09 Å². The first-order valence-corrected chi connectivity index (χ1v) is 8.78. The second kappa shape index (κ2) is 11.8. The molecule has 0 aliphatic rings. The van der Waals surface area contributed by atoms with Gasteiger partial charge in [-0.2, -0.15) is 0 Å². The summed E-state index contributed by atoms with van der Waals surface area (Å²) < 4.78 is 21.8. The van der Waals surface area contributed by atoms with Gasteiger partial charge in [0.2, 0.25) is 0 Å². The van der Waals surface area contributed by atoms with Gasteiger partial charge in [0.15, 0.2) is 0 Å². The zero-order valence-corrected chi connectivity index (χ0v) is 15.1. The van der Waals surface area contributed by atoms with Gasteiger partial charge in [0, 0.05) is 13.5 Å². The highest BCUT2D eigenvalue weighted by atomic mass is 31.2. The minimum atomic E-state index is -1.54. The van der Waals surface area contributed by atoms with Gasteiger partial charge >= 0.3 is 14.5 Å². The number of rotatable bonds is 11. The Bertz CT molecular complexity index is 517. The summed E-state index contributed by atoms with van der Waals surface area (Å²) in [6.07, 6.45) is 5.32. The van der Waals surface area contributed by atoms with E-state index >= 15 is 0 Å². The van der Waals surface area contributed by atoms with E-state index in [0.717, 1.165) is 0 Å². The van der Waals surface area contributed by atoms with Gasteiger partial charge in [0.25, 0.3) is 0 Å². The summed E-state index contributed by atoms with van der Waals surface area (Å²) >= 11 is 0. The summed E-state index contributed by atoms with van der Waals surface area (Å²) in [5.74, 6) is 2.80. The number of para-hydroxylation sites is 1. The van der Waals surface area contributed by atoms with Gasteiger partial charge in [0.1, 0.15) is 12.3 Å². The van der Waals surface area contributed by atoms with Crippen LogP contribution in [0.4, 0.5) is 0 Å². The molecule has 6 nitrogen and oxygen atoms in total. The highest BCUT2D eigenvalue weighted by Gasteiger charge is 2.18. The standard InChI is InChI=1S/C17H24NO5P/c1-5-9-16(20-4)13-21-24(18-12-17(19)22-14(2)3)23-15-10-7-6-8-11-15/h1,6-8,10-11,14,16,18H,9,12-13H2,2-4H3. The Morgan fingerprint density at radius 1 is 1.33 bits per heavy atom. The third kappa shape index (κ3) is 8.85. The highest BCUT2D eigenvalue weighted by molar-refractivity contribution is 7.45. The lowest BCUT2D eigenvalue weighted by molar-refractivity contribution is -0.145. The molecule has 2 unspecified atom stereocenters. The predicted octanol–water partition coefficient (Wildman–Crippen LogP) is 2.89. The molecule has 0 amide bonds. The van der Waals surface area contributed by atoms with E-state index in [0.29, 0.717) is 12.2 Å². The Labute approximate surface area is 144 Å². The maximum atomic E-state index is 11.7. The first-order chi connectivity index (χ1) is 11.5. The quantitative estimate of drug-likeness (QED) is 0.375. The molecule has 1 aromatic carbocycles. The van der Waals surface area contributed by atoms with Crippen LogP contribution in [0.2, 0.25) is 0 Å². The number of ether oxygens (including phenoxy) is 2. The zero-order chi connectivity index (χ0) is 17.8. The molecule has 1 rings (SSSR count). The summed E-state index contributed by atoms with van der Waals surface area (Å²) in [7, 11) is 0.0257. The summed E-state index contributed by atoms with van der Waals surface area (Å²) in [5, 5.41) is 2.93. The van der Waals surface area contributed by atoms with Crippen LogP contribution in [0.1, 0.15) is 20.3 Å². The molecule has 0 saturated heterocycles. The van der Waals surface area contributed by atoms with Gasteiger partial charge < -0.3 is 18.5 Å². The molecule has 0 saturated carbocycles. The molecule has 1 N–H and O–H groups in total. The number of methoxy groups -OCH3 is 1. The fraction of sp³-hybridized carbons (Fsp3) is 0.471. The lowest BCUT2D eigenvalue weighted by Gasteiger charge is -2.21. The van der Waals surface area contributed by atoms with Crippen LogP contribution in [0.25, 0.3) is 0 Å². The second-order valence-electron chi connectivity index (χ2n) is 5.10. The van der Waals surface area contributed by atoms with E-state index in [1.54, 1.807) is 21.0 Å². The molecule has 0 radical (unpaired) electrons. The number of carbonyl (C=O) groups excluding carboxylic acids is 1. The SMILES string of the molecule is C#CCC(COP(NCC(=O)OC(C)C)Oc1ccccc1)OC. The Hall–Kier alpha value is -1.64. The molecular weight excluding hydrogens is 329 g/mol. The number of esters is 1. The normalized spacial score (nSPS) is 13.1. The Morgan fingerprint density at radius 3 is 2.62 bits per heavy atom. The van der Waals surface area contributed by atoms with Crippen molar-refractivity contribution in [1.29, 1.82) is 0 Å². The molecular formula is C17H24NO5P. The van der Waals surface area contributed by atoms with Crippen molar-refractivity contribution in [2.75, 3.05) is 20.3 Å². The molecule has 7 heteroatoms. The van der Waals surface area contributed by atoms with Crippen molar-refractivity contribution in [2.45, 2.75) is 32.5 Å². The van der Waals surface area contributed by atoms with Crippen LogP contribution < -0.4 is 9.61 Å². The van der Waals surface area contributed by atoms with E-state index in [4.69, 9.17) is 24.9 Å². The lowest BCUT2D eigenvalue weighted by Crippen LogP contribution is -2.26. The first kappa shape index (κ1) is 20.4. The number of hydrogen-bond acceptors (Lipinski definition) is 6. The Balaban J connectivity index is 2.58. The van der Waals surface area contributed by atoms with Crippen molar-refractivity contribution in [3.05, 3.63) is 30.3 Å². The molecule has 1 aromatic rings. The Kier molecular flexibility index (Phi) is 10.1. The summed E-state index contributed by atoms with van der Waals surface area (Å²) in [4.78, 5) is 11.7. The van der Waals surface area contributed by atoms with Crippen molar-refractivity contribution in [3.8, 4) is 18.1 Å². The molecule has 24 heavy (non-hydrogen) atoms. The molecule has 0 bridgehead atoms. The van der Waals surface area contributed by atoms with Gasteiger partial charge in [0.05, 0.1) is 18.8 Å². The lowest BCUT2D eigenvalue weighted by atomic mass is 10.3. The predicted molar refractivity (Wildman–Crippen MR) is 93.4 cm³/mol. The number of benzene rings is 1. The third-order valence-electron chi connectivity index (χ3n) is 2.71. The minimum absolute atomic E-state index is 0.0104. The van der Waals surface area contributed by atoms with E-state index in [-0.39, 0.29) is 31.3 Å². The molecule has 0 aromatic heterocycles. The van der Waals surface area contributed by atoms with Gasteiger partial charge in [-0.1, -0.05) is 18.2 Å². The summed E-state index contributed by atoms with van der Waals surface area (Å²) in [6, 6.07) is 9.21. The van der Waals surface area contributed by atoms with Crippen LogP contribution in [0.5, 0.6) is 5.75 Å². The molecule has 0 aliphatic heterocycles. The van der Waals surface area contributed by atoms with Crippen LogP contribution in [0.15, 0.2) is 30.3 Å². The topological polar surface area (TPSA) is 66.0 Å². The van der Waals surface area contributed by atoms with Crippen LogP contribution >= 0.6 is 8.53 Å². The van der Waals surface area contributed by atoms with E-state index in [1.165, 1.54) is 0 Å². The van der Waals surface area contributed by atoms with Crippen LogP contribution in [0.3, 0.4) is 0 Å². The van der Waals surface area contributed by atoms with E-state index in [9.17, 15) is 4.79 Å². The number of carbonyl (C=O) groups is 1. The van der Waals surface area contributed by atoms with Crippen molar-refractivity contribution >= 4 is 14.5 Å². The second-order valence-corrected chi connectivity index (χ2v) is 6.37. The van der Waals surface area contributed by atoms with Crippen LogP contribution in [-0.4, -0.2) is 38.4 Å². The van der Waals surface area contributed by atoms with Gasteiger partial charge in [-0.3, -0.25) is 4.79 Å². The first-order valence-electron chi connectivity index (χ1n) is 7.60. The number of nitrogens with one attached hydrogen (secondary N) is 1. The fourth-order valence-electron chi connectivity index (χ4n) is 1.61. The largest absolute Gasteiger partial charge is 0.462 e. The molecule has 2 atom stereocenters. The molecule has 0 heterocycles. The van der Waals surface area contributed by atoms with Gasteiger partial charge in [-0.05, 0) is 26.0 Å². The average Bonchev–Trinajstić information content (AvgIpc) is 2.56. The van der Waals surface area contributed by atoms with Crippen molar-refractivity contribution in [2.24, 2.45) is 0 Å². The number of terminal acetylenes is 1. The summed E-state index contributed by atoms with van der Waals surface area (Å²) in [6.45, 7) is 3.83. The van der Waals surface area contributed by atoms with Crippen molar-refractivity contribution < 1.29 is 23.3 Å². The van der Waals surface area contributed by atoms with E-state index < -0.39 is 8.53 Å². The maximum absolute atomic E-state index is 11.7. The summed E-state index contributed by atoms with van der Waals surface area (Å²) in [5.41, 5.74) is 0. The van der Waals surface area contributed by atoms with Crippen LogP contribution in [-0.2, 0) is 18.8 Å². The Morgan fingerprint density at radius 2 is 2.04 bits per heavy atom. The molecule has 0 fully saturated rings. The smallest absolute Gasteiger partial charge is 0.320 e. The highest BCUT2D eigenvalue weighted by Crippen LogP contribution is 2.35. The average molecular weight is 353 g/mol. The number of hydrogen-bond donors (Lipinski definition) is 1. The third-order valence-corrected chi connectivity index (χ3v) is 3.88. The van der Waals surface area contributed by atoms with Crippen molar-refractivity contribution in [3.63, 3.8) is 0 Å². The fourth-order valence-corrected chi connectivity index (χ4v) is 2.69. The van der Waals surface area contributed by atoms with E-state index in [1.807, 2.05) is 30.3 Å². The molecule has 132 valence electrons. The van der Waals surface area contributed by atoms with Crippen molar-refractivity contribution in [1.82, 2.24) is 5.09 Å². The molecule has 0 spiro atoms.